The van der Waals surface area contributed by atoms with Crippen molar-refractivity contribution in [3.8, 4) is 0 Å². The number of rotatable bonds is 3. The van der Waals surface area contributed by atoms with E-state index >= 15 is 0 Å². The fourth-order valence-corrected chi connectivity index (χ4v) is 1.75. The maximum atomic E-state index is 12.7. The average molecular weight is 377 g/mol. The number of pyridine rings is 2. The zero-order valence-corrected chi connectivity index (χ0v) is 17.6. The molecule has 0 unspecified atom stereocenters. The Morgan fingerprint density at radius 1 is 1.04 bits per heavy atom. The summed E-state index contributed by atoms with van der Waals surface area (Å²) in [6.45, 7) is 11.7. The van der Waals surface area contributed by atoms with Crippen LogP contribution in [0.4, 0.5) is 16.0 Å². The molecule has 0 spiro atoms. The molecule has 27 heavy (non-hydrogen) atoms. The van der Waals surface area contributed by atoms with E-state index in [9.17, 15) is 9.18 Å². The first kappa shape index (κ1) is 24.5. The average Bonchev–Trinajstić information content (AvgIpc) is 3.55. The highest BCUT2D eigenvalue weighted by atomic mass is 19.1. The van der Waals surface area contributed by atoms with Gasteiger partial charge in [-0.1, -0.05) is 33.8 Å². The molecule has 0 aromatic carbocycles. The summed E-state index contributed by atoms with van der Waals surface area (Å²) in [6, 6.07) is 5.14. The Bertz CT molecular complexity index is 670. The zero-order chi connectivity index (χ0) is 20.8. The Kier molecular flexibility index (Phi) is 12.4. The first-order valence-corrected chi connectivity index (χ1v) is 9.53. The minimum absolute atomic E-state index is 0.108. The number of hydrogen-bond acceptors (Lipinski definition) is 4. The van der Waals surface area contributed by atoms with Crippen LogP contribution < -0.4 is 10.6 Å². The van der Waals surface area contributed by atoms with E-state index in [1.165, 1.54) is 12.3 Å². The Hall–Kier alpha value is -2.50. The number of nitrogens with zero attached hydrogens (tertiary/aromatic N) is 2. The Balaban J connectivity index is 0.000000434. The van der Waals surface area contributed by atoms with Gasteiger partial charge in [-0.25, -0.2) is 14.4 Å². The van der Waals surface area contributed by atoms with Crippen molar-refractivity contribution in [2.24, 2.45) is 5.92 Å². The molecule has 0 aliphatic heterocycles. The monoisotopic (exact) mass is 376 g/mol. The lowest BCUT2D eigenvalue weighted by molar-refractivity contribution is -0.117. The van der Waals surface area contributed by atoms with Gasteiger partial charge in [-0.05, 0) is 38.3 Å². The van der Waals surface area contributed by atoms with Crippen molar-refractivity contribution >= 4 is 17.5 Å². The first-order valence-electron chi connectivity index (χ1n) is 9.53. The van der Waals surface area contributed by atoms with E-state index in [2.05, 4.69) is 20.6 Å². The van der Waals surface area contributed by atoms with Crippen LogP contribution in [0, 0.1) is 25.6 Å². The number of amides is 1. The lowest BCUT2D eigenvalue weighted by atomic mass is 10.3. The second-order valence-electron chi connectivity index (χ2n) is 5.55. The van der Waals surface area contributed by atoms with Gasteiger partial charge in [0.2, 0.25) is 5.91 Å². The van der Waals surface area contributed by atoms with Gasteiger partial charge in [0.15, 0.2) is 0 Å². The lowest BCUT2D eigenvalue weighted by Crippen LogP contribution is -2.14. The normalized spacial score (nSPS) is 11.4. The maximum Gasteiger partial charge on any atom is 0.228 e. The summed E-state index contributed by atoms with van der Waals surface area (Å²) in [6.07, 6.45) is 5.30. The summed E-state index contributed by atoms with van der Waals surface area (Å²) < 4.78 is 12.7. The third kappa shape index (κ3) is 9.68. The van der Waals surface area contributed by atoms with Crippen LogP contribution in [0.15, 0.2) is 30.6 Å². The number of carbonyl (C=O) groups is 1. The number of halogens is 1. The summed E-state index contributed by atoms with van der Waals surface area (Å²) in [5.74, 6) is 1.34. The lowest BCUT2D eigenvalue weighted by Gasteiger charge is -2.02. The van der Waals surface area contributed by atoms with Gasteiger partial charge in [-0.3, -0.25) is 4.79 Å². The molecule has 1 aliphatic carbocycles. The van der Waals surface area contributed by atoms with Gasteiger partial charge in [-0.2, -0.15) is 0 Å². The quantitative estimate of drug-likeness (QED) is 0.756. The molecule has 2 aromatic rings. The fourth-order valence-electron chi connectivity index (χ4n) is 1.75. The third-order valence-corrected chi connectivity index (χ3v) is 3.40. The van der Waals surface area contributed by atoms with E-state index < -0.39 is 0 Å². The van der Waals surface area contributed by atoms with Crippen molar-refractivity contribution in [2.45, 2.75) is 54.4 Å². The van der Waals surface area contributed by atoms with Gasteiger partial charge in [0.25, 0.3) is 0 Å². The number of hydrogen-bond donors (Lipinski definition) is 2. The second-order valence-corrected chi connectivity index (χ2v) is 5.55. The molecule has 1 amide bonds. The zero-order valence-electron chi connectivity index (χ0n) is 17.6. The second kappa shape index (κ2) is 13.7. The molecule has 1 fully saturated rings. The fraction of sp³-hybridized carbons (Fsp3) is 0.476. The number of aryl methyl sites for hydroxylation is 2. The van der Waals surface area contributed by atoms with Crippen molar-refractivity contribution in [3.63, 3.8) is 0 Å². The molecule has 150 valence electrons. The standard InChI is InChI=1S/C10H12N2O.C7H9FN2.2C2H6/c1-7-2-5-9(11-6-7)12-10(13)8-3-4-8;1-5-4-10-7(9-2)3-6(5)8;2*1-2/h2,5-6,8H,3-4H2,1H3,(H,11,12,13);3-4H,1-2H3,(H,9,10);2*1-2H3. The van der Waals surface area contributed by atoms with E-state index in [0.717, 1.165) is 18.4 Å². The predicted octanol–water partition coefficient (Wildman–Crippen LogP) is 5.36. The van der Waals surface area contributed by atoms with Crippen LogP contribution in [0.25, 0.3) is 0 Å². The van der Waals surface area contributed by atoms with E-state index in [4.69, 9.17) is 0 Å². The minimum atomic E-state index is -0.223. The molecule has 2 aromatic heterocycles. The summed E-state index contributed by atoms with van der Waals surface area (Å²) in [5, 5.41) is 5.52. The first-order chi connectivity index (χ1) is 13.0. The van der Waals surface area contributed by atoms with Crippen LogP contribution in [-0.2, 0) is 4.79 Å². The van der Waals surface area contributed by atoms with E-state index in [1.807, 2.05) is 46.8 Å². The van der Waals surface area contributed by atoms with Crippen LogP contribution in [0.3, 0.4) is 0 Å². The van der Waals surface area contributed by atoms with Crippen LogP contribution >= 0.6 is 0 Å². The summed E-state index contributed by atoms with van der Waals surface area (Å²) in [7, 11) is 1.71. The Labute approximate surface area is 162 Å². The van der Waals surface area contributed by atoms with Gasteiger partial charge in [-0.15, -0.1) is 0 Å². The van der Waals surface area contributed by atoms with Crippen molar-refractivity contribution in [1.82, 2.24) is 9.97 Å². The van der Waals surface area contributed by atoms with Crippen LogP contribution in [0.2, 0.25) is 0 Å². The number of aromatic nitrogens is 2. The molecule has 1 aliphatic rings. The number of carbonyl (C=O) groups excluding carboxylic acids is 1. The van der Waals surface area contributed by atoms with Crippen LogP contribution in [0.1, 0.15) is 51.7 Å². The molecule has 0 bridgehead atoms. The molecule has 1 saturated carbocycles. The molecule has 0 radical (unpaired) electrons. The maximum absolute atomic E-state index is 12.7. The smallest absolute Gasteiger partial charge is 0.228 e. The van der Waals surface area contributed by atoms with Gasteiger partial charge >= 0.3 is 0 Å². The highest BCUT2D eigenvalue weighted by molar-refractivity contribution is 5.93. The molecule has 0 atom stereocenters. The molecule has 3 rings (SSSR count). The molecule has 2 N–H and O–H groups in total. The molecule has 0 saturated heterocycles. The number of anilines is 2. The van der Waals surface area contributed by atoms with Crippen molar-refractivity contribution in [3.05, 3.63) is 47.5 Å². The SMILES string of the molecule is CC.CC.CNc1cc(F)c(C)cn1.Cc1ccc(NC(=O)C2CC2)nc1. The molecular formula is C21H33FN4O. The highest BCUT2D eigenvalue weighted by Gasteiger charge is 2.29. The van der Waals surface area contributed by atoms with E-state index in [-0.39, 0.29) is 17.6 Å². The van der Waals surface area contributed by atoms with E-state index in [1.54, 1.807) is 20.2 Å². The van der Waals surface area contributed by atoms with Crippen LogP contribution in [0.5, 0.6) is 0 Å². The predicted molar refractivity (Wildman–Crippen MR) is 112 cm³/mol. The van der Waals surface area contributed by atoms with Gasteiger partial charge in [0, 0.05) is 37.0 Å². The Morgan fingerprint density at radius 3 is 2.07 bits per heavy atom. The number of nitrogens with one attached hydrogen (secondary N) is 2. The third-order valence-electron chi connectivity index (χ3n) is 3.40. The summed E-state index contributed by atoms with van der Waals surface area (Å²) >= 11 is 0. The minimum Gasteiger partial charge on any atom is -0.373 e. The molecular weight excluding hydrogens is 343 g/mol. The molecule has 6 heteroatoms. The van der Waals surface area contributed by atoms with Gasteiger partial charge in [0.1, 0.15) is 17.5 Å². The topological polar surface area (TPSA) is 66.9 Å². The van der Waals surface area contributed by atoms with Crippen LogP contribution in [-0.4, -0.2) is 22.9 Å². The molecule has 5 nitrogen and oxygen atoms in total. The largest absolute Gasteiger partial charge is 0.373 e. The highest BCUT2D eigenvalue weighted by Crippen LogP contribution is 2.29. The van der Waals surface area contributed by atoms with Crippen molar-refractivity contribution in [1.29, 1.82) is 0 Å². The summed E-state index contributed by atoms with van der Waals surface area (Å²) in [4.78, 5) is 19.3. The Morgan fingerprint density at radius 2 is 1.63 bits per heavy atom. The van der Waals surface area contributed by atoms with E-state index in [0.29, 0.717) is 17.2 Å². The van der Waals surface area contributed by atoms with Gasteiger partial charge < -0.3 is 10.6 Å². The molecule has 2 heterocycles. The summed E-state index contributed by atoms with van der Waals surface area (Å²) in [5.41, 5.74) is 1.67. The van der Waals surface area contributed by atoms with Crippen molar-refractivity contribution in [2.75, 3.05) is 17.7 Å². The van der Waals surface area contributed by atoms with Gasteiger partial charge in [0.05, 0.1) is 0 Å². The van der Waals surface area contributed by atoms with Crippen molar-refractivity contribution < 1.29 is 9.18 Å².